The monoisotopic (exact) mass is 494 g/mol. The number of rotatable bonds is 2. The molecule has 3 aliphatic rings. The number of hydrogen-bond acceptors (Lipinski definition) is 5. The average molecular weight is 495 g/mol. The zero-order valence-corrected chi connectivity index (χ0v) is 18.9. The Morgan fingerprint density at radius 3 is 2.71 bits per heavy atom. The van der Waals surface area contributed by atoms with Gasteiger partial charge in [0.05, 0.1) is 29.3 Å². The second-order valence-electron chi connectivity index (χ2n) is 9.26. The predicted molar refractivity (Wildman–Crippen MR) is 117 cm³/mol. The lowest BCUT2D eigenvalue weighted by Crippen LogP contribution is -2.52. The lowest BCUT2D eigenvalue weighted by Gasteiger charge is -2.42. The smallest absolute Gasteiger partial charge is 0.451 e. The van der Waals surface area contributed by atoms with Crippen LogP contribution in [0.25, 0.3) is 11.0 Å². The summed E-state index contributed by atoms with van der Waals surface area (Å²) < 4.78 is 46.8. The summed E-state index contributed by atoms with van der Waals surface area (Å²) in [5.74, 6) is -0.00555. The number of hydrogen-bond donors (Lipinski definition) is 2. The van der Waals surface area contributed by atoms with Gasteiger partial charge in [0.2, 0.25) is 5.82 Å². The van der Waals surface area contributed by atoms with E-state index in [0.29, 0.717) is 35.1 Å². The maximum absolute atomic E-state index is 13.1. The summed E-state index contributed by atoms with van der Waals surface area (Å²) in [6, 6.07) is 3.43. The molecule has 0 radical (unpaired) electrons. The molecule has 2 aromatic heterocycles. The van der Waals surface area contributed by atoms with E-state index in [0.717, 1.165) is 47.6 Å². The minimum absolute atomic E-state index is 0.150. The van der Waals surface area contributed by atoms with Gasteiger partial charge in [-0.3, -0.25) is 4.90 Å². The van der Waals surface area contributed by atoms with Crippen LogP contribution in [0.2, 0.25) is 5.02 Å². The molecule has 0 unspecified atom stereocenters. The Morgan fingerprint density at radius 2 is 1.94 bits per heavy atom. The van der Waals surface area contributed by atoms with Crippen LogP contribution in [0.3, 0.4) is 0 Å². The molecule has 4 heterocycles. The number of alkyl halides is 3. The molecule has 1 spiro atoms. The first-order valence-electron chi connectivity index (χ1n) is 11.3. The summed E-state index contributed by atoms with van der Waals surface area (Å²) in [7, 11) is 0. The first-order chi connectivity index (χ1) is 16.2. The average Bonchev–Trinajstić information content (AvgIpc) is 3.37. The highest BCUT2D eigenvalue weighted by molar-refractivity contribution is 6.35. The molecule has 1 aliphatic carbocycles. The van der Waals surface area contributed by atoms with Gasteiger partial charge in [0.25, 0.3) is 0 Å². The van der Waals surface area contributed by atoms with E-state index in [1.165, 1.54) is 0 Å². The number of anilines is 1. The number of benzene rings is 1. The Hall–Kier alpha value is -2.79. The molecule has 0 atom stereocenters. The third kappa shape index (κ3) is 3.44. The first kappa shape index (κ1) is 21.7. The highest BCUT2D eigenvalue weighted by Crippen LogP contribution is 2.49. The van der Waals surface area contributed by atoms with Gasteiger partial charge in [0.15, 0.2) is 0 Å². The van der Waals surface area contributed by atoms with Crippen molar-refractivity contribution in [3.8, 4) is 0 Å². The molecule has 1 aromatic carbocycles. The second kappa shape index (κ2) is 7.61. The Labute approximate surface area is 197 Å². The number of aromatic nitrogens is 3. The molecular weight excluding hydrogens is 473 g/mol. The molecule has 0 saturated heterocycles. The van der Waals surface area contributed by atoms with Gasteiger partial charge in [-0.05, 0) is 25.0 Å². The van der Waals surface area contributed by atoms with E-state index in [4.69, 9.17) is 16.0 Å². The summed E-state index contributed by atoms with van der Waals surface area (Å²) >= 11 is 6.58. The van der Waals surface area contributed by atoms with Crippen molar-refractivity contribution < 1.29 is 22.4 Å². The molecule has 2 amide bonds. The molecule has 2 N–H and O–H groups in total. The molecule has 180 valence electrons. The van der Waals surface area contributed by atoms with Crippen LogP contribution in [-0.4, -0.2) is 32.2 Å². The van der Waals surface area contributed by atoms with Gasteiger partial charge in [0.1, 0.15) is 17.2 Å². The number of halogens is 4. The number of furan rings is 1. The molecule has 12 heteroatoms. The Kier molecular flexibility index (Phi) is 4.86. The first-order valence-corrected chi connectivity index (χ1v) is 11.7. The topological polar surface area (TPSA) is 88.2 Å². The van der Waals surface area contributed by atoms with Crippen molar-refractivity contribution in [3.05, 3.63) is 40.1 Å². The maximum Gasteiger partial charge on any atom is 0.451 e. The lowest BCUT2D eigenvalue weighted by molar-refractivity contribution is -0.148. The van der Waals surface area contributed by atoms with E-state index in [2.05, 4.69) is 20.8 Å². The van der Waals surface area contributed by atoms with Crippen LogP contribution in [0.5, 0.6) is 0 Å². The summed E-state index contributed by atoms with van der Waals surface area (Å²) in [6.45, 7) is 1.20. The molecule has 6 rings (SSSR count). The van der Waals surface area contributed by atoms with Crippen molar-refractivity contribution in [1.82, 2.24) is 25.0 Å². The number of fused-ring (bicyclic) bond motifs is 5. The van der Waals surface area contributed by atoms with E-state index >= 15 is 0 Å². The minimum atomic E-state index is -4.52. The van der Waals surface area contributed by atoms with Crippen molar-refractivity contribution in [2.45, 2.75) is 63.5 Å². The van der Waals surface area contributed by atoms with Crippen molar-refractivity contribution >= 4 is 34.3 Å². The van der Waals surface area contributed by atoms with Crippen LogP contribution in [0.4, 0.5) is 23.7 Å². The Bertz CT molecular complexity index is 1290. The van der Waals surface area contributed by atoms with Crippen LogP contribution in [-0.2, 0) is 31.3 Å². The third-order valence-electron chi connectivity index (χ3n) is 7.05. The van der Waals surface area contributed by atoms with E-state index in [-0.39, 0.29) is 24.9 Å². The van der Waals surface area contributed by atoms with Crippen molar-refractivity contribution in [3.63, 3.8) is 0 Å². The summed E-state index contributed by atoms with van der Waals surface area (Å²) in [4.78, 5) is 14.4. The normalized spacial score (nSPS) is 20.2. The van der Waals surface area contributed by atoms with E-state index in [1.807, 2.05) is 11.0 Å². The fraction of sp³-hybridized carbons (Fsp3) is 0.500. The zero-order chi connectivity index (χ0) is 23.7. The van der Waals surface area contributed by atoms with Crippen LogP contribution >= 0.6 is 11.6 Å². The minimum Gasteiger partial charge on any atom is -0.459 e. The number of nitrogens with one attached hydrogen (secondary N) is 2. The molecule has 8 nitrogen and oxygen atoms in total. The highest BCUT2D eigenvalue weighted by atomic mass is 35.5. The van der Waals surface area contributed by atoms with Gasteiger partial charge >= 0.3 is 12.2 Å². The summed E-state index contributed by atoms with van der Waals surface area (Å²) in [5, 5.41) is 14.4. The molecule has 1 saturated carbocycles. The standard InChI is InChI=1S/C22H22ClF3N6O2/c23-14-9-12-8-13(10-31-6-7-32-15(11-31)29-30-19(32)22(24,25)26)34-18(12)16-17(14)27-20(33)28-21(16)4-2-1-3-5-21/h8-9H,1-7,10-11H2,(H2,27,28,33). The van der Waals surface area contributed by atoms with Crippen molar-refractivity contribution in [1.29, 1.82) is 0 Å². The number of carbonyl (C=O) groups excluding carboxylic acids is 1. The van der Waals surface area contributed by atoms with Crippen LogP contribution in [0, 0.1) is 0 Å². The SMILES string of the molecule is O=C1Nc2c(Cl)cc3cc(CN4CCn5c(nnc5C(F)(F)F)C4)oc3c2C2(CCCCC2)N1. The van der Waals surface area contributed by atoms with Gasteiger partial charge < -0.3 is 19.6 Å². The number of amides is 2. The zero-order valence-electron chi connectivity index (χ0n) is 18.1. The number of nitrogens with zero attached hydrogens (tertiary/aromatic N) is 4. The fourth-order valence-corrected chi connectivity index (χ4v) is 5.85. The molecular formula is C22H22ClF3N6O2. The van der Waals surface area contributed by atoms with Gasteiger partial charge in [-0.25, -0.2) is 4.79 Å². The largest absolute Gasteiger partial charge is 0.459 e. The molecule has 34 heavy (non-hydrogen) atoms. The number of urea groups is 1. The quantitative estimate of drug-likeness (QED) is 0.523. The Balaban J connectivity index is 1.33. The molecule has 1 fully saturated rings. The van der Waals surface area contributed by atoms with E-state index in [9.17, 15) is 18.0 Å². The van der Waals surface area contributed by atoms with Crippen LogP contribution < -0.4 is 10.6 Å². The van der Waals surface area contributed by atoms with Crippen LogP contribution in [0.15, 0.2) is 16.5 Å². The van der Waals surface area contributed by atoms with Crippen LogP contribution in [0.1, 0.15) is 55.1 Å². The molecule has 0 bridgehead atoms. The van der Waals surface area contributed by atoms with Gasteiger partial charge in [0, 0.05) is 24.0 Å². The van der Waals surface area contributed by atoms with Gasteiger partial charge in [-0.2, -0.15) is 13.2 Å². The maximum atomic E-state index is 13.1. The predicted octanol–water partition coefficient (Wildman–Crippen LogP) is 5.01. The lowest BCUT2D eigenvalue weighted by atomic mass is 9.74. The van der Waals surface area contributed by atoms with Gasteiger partial charge in [-0.15, -0.1) is 10.2 Å². The number of carbonyl (C=O) groups is 1. The van der Waals surface area contributed by atoms with E-state index in [1.54, 1.807) is 6.07 Å². The third-order valence-corrected chi connectivity index (χ3v) is 7.35. The Morgan fingerprint density at radius 1 is 1.15 bits per heavy atom. The highest BCUT2D eigenvalue weighted by Gasteiger charge is 2.44. The van der Waals surface area contributed by atoms with Crippen molar-refractivity contribution in [2.24, 2.45) is 0 Å². The summed E-state index contributed by atoms with van der Waals surface area (Å²) in [6.07, 6.45) is 0.196. The molecule has 3 aromatic rings. The second-order valence-corrected chi connectivity index (χ2v) is 9.67. The molecule has 2 aliphatic heterocycles. The van der Waals surface area contributed by atoms with E-state index < -0.39 is 17.5 Å². The van der Waals surface area contributed by atoms with Gasteiger partial charge in [-0.1, -0.05) is 30.9 Å². The van der Waals surface area contributed by atoms with Crippen molar-refractivity contribution in [2.75, 3.05) is 11.9 Å². The summed E-state index contributed by atoms with van der Waals surface area (Å²) in [5.41, 5.74) is 1.63. The fourth-order valence-electron chi connectivity index (χ4n) is 5.59.